The van der Waals surface area contributed by atoms with Gasteiger partial charge >= 0.3 is 0 Å². The number of nitrogens with one attached hydrogen (secondary N) is 1. The van der Waals surface area contributed by atoms with Crippen molar-refractivity contribution in [1.29, 1.82) is 0 Å². The first-order chi connectivity index (χ1) is 5.74. The minimum Gasteiger partial charge on any atom is -0.348 e. The average Bonchev–Trinajstić information content (AvgIpc) is 2.51. The number of hydrogen-bond donors (Lipinski definition) is 1. The molecule has 1 aromatic rings. The molecule has 0 bridgehead atoms. The van der Waals surface area contributed by atoms with Crippen molar-refractivity contribution in [1.82, 2.24) is 14.9 Å². The SMILES string of the molecule is CCN(Cc1ncc[nH]1)C(C)C. The topological polar surface area (TPSA) is 31.9 Å². The van der Waals surface area contributed by atoms with Gasteiger partial charge in [-0.2, -0.15) is 0 Å². The predicted octanol–water partition coefficient (Wildman–Crippen LogP) is 1.64. The molecule has 0 spiro atoms. The maximum atomic E-state index is 4.19. The first kappa shape index (κ1) is 9.26. The summed E-state index contributed by atoms with van der Waals surface area (Å²) < 4.78 is 0. The van der Waals surface area contributed by atoms with Crippen LogP contribution in [0.25, 0.3) is 0 Å². The number of hydrogen-bond acceptors (Lipinski definition) is 2. The Morgan fingerprint density at radius 3 is 2.75 bits per heavy atom. The smallest absolute Gasteiger partial charge is 0.120 e. The highest BCUT2D eigenvalue weighted by Crippen LogP contribution is 2.02. The van der Waals surface area contributed by atoms with Crippen LogP contribution in [0, 0.1) is 0 Å². The third-order valence-corrected chi connectivity index (χ3v) is 2.04. The Labute approximate surface area is 73.8 Å². The van der Waals surface area contributed by atoms with Crippen LogP contribution in [-0.4, -0.2) is 27.5 Å². The van der Waals surface area contributed by atoms with Gasteiger partial charge in [-0.15, -0.1) is 0 Å². The lowest BCUT2D eigenvalue weighted by molar-refractivity contribution is 0.220. The lowest BCUT2D eigenvalue weighted by atomic mass is 10.3. The van der Waals surface area contributed by atoms with Gasteiger partial charge in [0.1, 0.15) is 5.82 Å². The van der Waals surface area contributed by atoms with Gasteiger partial charge in [0.15, 0.2) is 0 Å². The van der Waals surface area contributed by atoms with Crippen LogP contribution >= 0.6 is 0 Å². The normalized spacial score (nSPS) is 11.4. The Kier molecular flexibility index (Phi) is 3.29. The number of nitrogens with zero attached hydrogens (tertiary/aromatic N) is 2. The quantitative estimate of drug-likeness (QED) is 0.739. The van der Waals surface area contributed by atoms with E-state index in [9.17, 15) is 0 Å². The van der Waals surface area contributed by atoms with E-state index >= 15 is 0 Å². The Morgan fingerprint density at radius 1 is 1.58 bits per heavy atom. The molecule has 0 atom stereocenters. The Hall–Kier alpha value is -0.830. The maximum absolute atomic E-state index is 4.19. The van der Waals surface area contributed by atoms with E-state index in [-0.39, 0.29) is 0 Å². The molecule has 1 N–H and O–H groups in total. The van der Waals surface area contributed by atoms with Gasteiger partial charge in [0, 0.05) is 18.4 Å². The van der Waals surface area contributed by atoms with Crippen LogP contribution in [0.1, 0.15) is 26.6 Å². The van der Waals surface area contributed by atoms with Gasteiger partial charge in [-0.25, -0.2) is 4.98 Å². The lowest BCUT2D eigenvalue weighted by Crippen LogP contribution is -2.30. The number of rotatable bonds is 4. The molecule has 0 aliphatic rings. The fraction of sp³-hybridized carbons (Fsp3) is 0.667. The largest absolute Gasteiger partial charge is 0.348 e. The van der Waals surface area contributed by atoms with Gasteiger partial charge < -0.3 is 4.98 Å². The third kappa shape index (κ3) is 2.34. The Morgan fingerprint density at radius 2 is 2.33 bits per heavy atom. The second-order valence-electron chi connectivity index (χ2n) is 3.19. The minimum atomic E-state index is 0.583. The summed E-state index contributed by atoms with van der Waals surface area (Å²) in [4.78, 5) is 9.65. The fourth-order valence-corrected chi connectivity index (χ4v) is 1.24. The summed E-state index contributed by atoms with van der Waals surface area (Å²) in [5.74, 6) is 1.05. The van der Waals surface area contributed by atoms with Gasteiger partial charge in [0.25, 0.3) is 0 Å². The van der Waals surface area contributed by atoms with Gasteiger partial charge in [0.2, 0.25) is 0 Å². The zero-order chi connectivity index (χ0) is 8.97. The molecule has 68 valence electrons. The van der Waals surface area contributed by atoms with Gasteiger partial charge in [0.05, 0.1) is 6.54 Å². The molecule has 0 aromatic carbocycles. The van der Waals surface area contributed by atoms with Crippen LogP contribution in [0.3, 0.4) is 0 Å². The molecule has 0 saturated heterocycles. The minimum absolute atomic E-state index is 0.583. The van der Waals surface area contributed by atoms with Crippen LogP contribution in [0.5, 0.6) is 0 Å². The van der Waals surface area contributed by atoms with Gasteiger partial charge in [-0.1, -0.05) is 6.92 Å². The van der Waals surface area contributed by atoms with Crippen LogP contribution in [-0.2, 0) is 6.54 Å². The summed E-state index contributed by atoms with van der Waals surface area (Å²) in [5.41, 5.74) is 0. The highest BCUT2D eigenvalue weighted by atomic mass is 15.2. The van der Waals surface area contributed by atoms with E-state index in [1.165, 1.54) is 0 Å². The van der Waals surface area contributed by atoms with Crippen LogP contribution < -0.4 is 0 Å². The van der Waals surface area contributed by atoms with Crippen molar-refractivity contribution >= 4 is 0 Å². The van der Waals surface area contributed by atoms with E-state index in [0.29, 0.717) is 6.04 Å². The highest BCUT2D eigenvalue weighted by molar-refractivity contribution is 4.87. The molecule has 12 heavy (non-hydrogen) atoms. The molecule has 0 aliphatic carbocycles. The van der Waals surface area contributed by atoms with Crippen molar-refractivity contribution in [3.8, 4) is 0 Å². The van der Waals surface area contributed by atoms with Gasteiger partial charge in [-0.05, 0) is 20.4 Å². The van der Waals surface area contributed by atoms with Crippen LogP contribution in [0.4, 0.5) is 0 Å². The molecule has 0 radical (unpaired) electrons. The van der Waals surface area contributed by atoms with Crippen LogP contribution in [0.2, 0.25) is 0 Å². The van der Waals surface area contributed by atoms with Crippen LogP contribution in [0.15, 0.2) is 12.4 Å². The summed E-state index contributed by atoms with van der Waals surface area (Å²) >= 11 is 0. The Bertz CT molecular complexity index is 204. The molecule has 3 heteroatoms. The zero-order valence-electron chi connectivity index (χ0n) is 8.04. The molecule has 0 amide bonds. The molecule has 0 fully saturated rings. The van der Waals surface area contributed by atoms with E-state index in [1.54, 1.807) is 6.20 Å². The molecule has 0 aliphatic heterocycles. The molecule has 3 nitrogen and oxygen atoms in total. The van der Waals surface area contributed by atoms with E-state index in [2.05, 4.69) is 35.6 Å². The summed E-state index contributed by atoms with van der Waals surface area (Å²) in [7, 11) is 0. The zero-order valence-corrected chi connectivity index (χ0v) is 8.04. The molecule has 1 rings (SSSR count). The summed E-state index contributed by atoms with van der Waals surface area (Å²) in [5, 5.41) is 0. The summed E-state index contributed by atoms with van der Waals surface area (Å²) in [6, 6.07) is 0.583. The molecule has 0 saturated carbocycles. The van der Waals surface area contributed by atoms with Crippen molar-refractivity contribution in [2.75, 3.05) is 6.54 Å². The lowest BCUT2D eigenvalue weighted by Gasteiger charge is -2.23. The van der Waals surface area contributed by atoms with E-state index in [0.717, 1.165) is 18.9 Å². The maximum Gasteiger partial charge on any atom is 0.120 e. The number of imidazole rings is 1. The van der Waals surface area contributed by atoms with Crippen molar-refractivity contribution in [2.45, 2.75) is 33.4 Å². The first-order valence-electron chi connectivity index (χ1n) is 4.46. The molecular weight excluding hydrogens is 150 g/mol. The highest BCUT2D eigenvalue weighted by Gasteiger charge is 2.07. The van der Waals surface area contributed by atoms with E-state index in [4.69, 9.17) is 0 Å². The molecular formula is C9H17N3. The standard InChI is InChI=1S/C9H17N3/c1-4-12(8(2)3)7-9-10-5-6-11-9/h5-6,8H,4,7H2,1-3H3,(H,10,11). The number of aromatic nitrogens is 2. The van der Waals surface area contributed by atoms with E-state index in [1.807, 2.05) is 6.20 Å². The molecule has 0 unspecified atom stereocenters. The van der Waals surface area contributed by atoms with Crippen molar-refractivity contribution < 1.29 is 0 Å². The third-order valence-electron chi connectivity index (χ3n) is 2.04. The molecule has 1 aromatic heterocycles. The summed E-state index contributed by atoms with van der Waals surface area (Å²) in [6.07, 6.45) is 3.66. The Balaban J connectivity index is 2.48. The van der Waals surface area contributed by atoms with Crippen molar-refractivity contribution in [3.63, 3.8) is 0 Å². The second-order valence-corrected chi connectivity index (χ2v) is 3.19. The number of H-pyrrole nitrogens is 1. The van der Waals surface area contributed by atoms with Crippen molar-refractivity contribution in [3.05, 3.63) is 18.2 Å². The second kappa shape index (κ2) is 4.26. The first-order valence-corrected chi connectivity index (χ1v) is 4.46. The van der Waals surface area contributed by atoms with Gasteiger partial charge in [-0.3, -0.25) is 4.90 Å². The summed E-state index contributed by atoms with van der Waals surface area (Å²) in [6.45, 7) is 8.56. The fourth-order valence-electron chi connectivity index (χ4n) is 1.24. The predicted molar refractivity (Wildman–Crippen MR) is 49.8 cm³/mol. The molecule has 1 heterocycles. The monoisotopic (exact) mass is 167 g/mol. The van der Waals surface area contributed by atoms with E-state index < -0.39 is 0 Å². The van der Waals surface area contributed by atoms with Crippen molar-refractivity contribution in [2.24, 2.45) is 0 Å². The number of aromatic amines is 1. The average molecular weight is 167 g/mol.